The Morgan fingerprint density at radius 1 is 0.963 bits per heavy atom. The number of carbonyl (C=O) groups is 1. The maximum Gasteiger partial charge on any atom is 0.258 e. The van der Waals surface area contributed by atoms with Gasteiger partial charge in [-0.2, -0.15) is 0 Å². The largest absolute Gasteiger partial charge is 0.489 e. The maximum atomic E-state index is 12.2. The van der Waals surface area contributed by atoms with Crippen molar-refractivity contribution in [3.8, 4) is 5.75 Å². The van der Waals surface area contributed by atoms with E-state index in [0.29, 0.717) is 28.6 Å². The van der Waals surface area contributed by atoms with Crippen LogP contribution >= 0.6 is 23.8 Å². The number of rotatable bonds is 5. The average Bonchev–Trinajstić information content (AvgIpc) is 2.67. The lowest BCUT2D eigenvalue weighted by atomic mass is 10.2. The summed E-state index contributed by atoms with van der Waals surface area (Å²) in [5.41, 5.74) is 2.16. The zero-order valence-corrected chi connectivity index (χ0v) is 15.9. The molecule has 0 aliphatic heterocycles. The summed E-state index contributed by atoms with van der Waals surface area (Å²) in [6, 6.07) is 24.1. The SMILES string of the molecule is O=C(NC(=S)Nc1cccc(OCc2ccccc2)c1)c1ccccc1Cl. The van der Waals surface area contributed by atoms with Crippen LogP contribution in [0.25, 0.3) is 0 Å². The van der Waals surface area contributed by atoms with Crippen LogP contribution in [0.3, 0.4) is 0 Å². The van der Waals surface area contributed by atoms with Gasteiger partial charge in [-0.1, -0.05) is 60.1 Å². The van der Waals surface area contributed by atoms with Crippen molar-refractivity contribution in [2.45, 2.75) is 6.61 Å². The van der Waals surface area contributed by atoms with E-state index in [1.54, 1.807) is 24.3 Å². The Balaban J connectivity index is 1.58. The molecule has 0 saturated heterocycles. The second kappa shape index (κ2) is 9.16. The van der Waals surface area contributed by atoms with Crippen LogP contribution in [-0.2, 0) is 6.61 Å². The van der Waals surface area contributed by atoms with Crippen LogP contribution in [0.4, 0.5) is 5.69 Å². The van der Waals surface area contributed by atoms with Crippen molar-refractivity contribution in [2.75, 3.05) is 5.32 Å². The van der Waals surface area contributed by atoms with E-state index < -0.39 is 0 Å². The van der Waals surface area contributed by atoms with Gasteiger partial charge in [-0.05, 0) is 42.0 Å². The van der Waals surface area contributed by atoms with Gasteiger partial charge in [-0.15, -0.1) is 0 Å². The molecule has 1 amide bonds. The summed E-state index contributed by atoms with van der Waals surface area (Å²) in [6.07, 6.45) is 0. The number of ether oxygens (including phenoxy) is 1. The number of thiocarbonyl (C=S) groups is 1. The number of benzene rings is 3. The highest BCUT2D eigenvalue weighted by molar-refractivity contribution is 7.80. The fourth-order valence-electron chi connectivity index (χ4n) is 2.38. The summed E-state index contributed by atoms with van der Waals surface area (Å²) >= 11 is 11.2. The van der Waals surface area contributed by atoms with Crippen molar-refractivity contribution in [3.05, 3.63) is 95.0 Å². The molecule has 0 aromatic heterocycles. The third-order valence-corrected chi connectivity index (χ3v) is 4.22. The van der Waals surface area contributed by atoms with Crippen molar-refractivity contribution in [1.29, 1.82) is 0 Å². The van der Waals surface area contributed by atoms with Gasteiger partial charge >= 0.3 is 0 Å². The third-order valence-electron chi connectivity index (χ3n) is 3.69. The molecule has 0 aliphatic rings. The highest BCUT2D eigenvalue weighted by Gasteiger charge is 2.11. The van der Waals surface area contributed by atoms with E-state index in [2.05, 4.69) is 10.6 Å². The number of amides is 1. The second-order valence-electron chi connectivity index (χ2n) is 5.69. The van der Waals surface area contributed by atoms with E-state index in [1.807, 2.05) is 54.6 Å². The van der Waals surface area contributed by atoms with Crippen molar-refractivity contribution in [1.82, 2.24) is 5.32 Å². The average molecular weight is 397 g/mol. The zero-order valence-electron chi connectivity index (χ0n) is 14.3. The molecule has 3 rings (SSSR count). The molecule has 136 valence electrons. The molecule has 0 bridgehead atoms. The molecular weight excluding hydrogens is 380 g/mol. The molecule has 2 N–H and O–H groups in total. The van der Waals surface area contributed by atoms with E-state index in [1.165, 1.54) is 0 Å². The predicted molar refractivity (Wildman–Crippen MR) is 112 cm³/mol. The fraction of sp³-hybridized carbons (Fsp3) is 0.0476. The van der Waals surface area contributed by atoms with Crippen molar-refractivity contribution in [2.24, 2.45) is 0 Å². The predicted octanol–water partition coefficient (Wildman–Crippen LogP) is 5.05. The molecule has 0 saturated carbocycles. The van der Waals surface area contributed by atoms with Crippen molar-refractivity contribution in [3.63, 3.8) is 0 Å². The Morgan fingerprint density at radius 3 is 2.48 bits per heavy atom. The van der Waals surface area contributed by atoms with Gasteiger partial charge in [0.25, 0.3) is 5.91 Å². The number of nitrogens with one attached hydrogen (secondary N) is 2. The van der Waals surface area contributed by atoms with E-state index in [0.717, 1.165) is 5.56 Å². The Morgan fingerprint density at radius 2 is 1.70 bits per heavy atom. The quantitative estimate of drug-likeness (QED) is 0.593. The topological polar surface area (TPSA) is 50.4 Å². The lowest BCUT2D eigenvalue weighted by molar-refractivity contribution is 0.0978. The first-order valence-electron chi connectivity index (χ1n) is 8.25. The molecule has 0 fully saturated rings. The smallest absolute Gasteiger partial charge is 0.258 e. The minimum absolute atomic E-state index is 0.181. The lowest BCUT2D eigenvalue weighted by Crippen LogP contribution is -2.34. The van der Waals surface area contributed by atoms with Crippen LogP contribution in [0.5, 0.6) is 5.75 Å². The molecule has 6 heteroatoms. The summed E-state index contributed by atoms with van der Waals surface area (Å²) in [5, 5.41) is 6.15. The van der Waals surface area contributed by atoms with E-state index in [4.69, 9.17) is 28.6 Å². The summed E-state index contributed by atoms with van der Waals surface area (Å²) < 4.78 is 5.79. The zero-order chi connectivity index (χ0) is 19.1. The molecule has 0 atom stereocenters. The summed E-state index contributed by atoms with van der Waals surface area (Å²) in [4.78, 5) is 12.2. The molecule has 0 aliphatic carbocycles. The van der Waals surface area contributed by atoms with Gasteiger partial charge in [0.1, 0.15) is 12.4 Å². The first kappa shape index (κ1) is 18.9. The second-order valence-corrected chi connectivity index (χ2v) is 6.51. The first-order chi connectivity index (χ1) is 13.1. The number of hydrogen-bond donors (Lipinski definition) is 2. The van der Waals surface area contributed by atoms with Gasteiger partial charge in [-0.25, -0.2) is 0 Å². The fourth-order valence-corrected chi connectivity index (χ4v) is 2.81. The van der Waals surface area contributed by atoms with Crippen molar-refractivity contribution < 1.29 is 9.53 Å². The summed E-state index contributed by atoms with van der Waals surface area (Å²) in [7, 11) is 0. The van der Waals surface area contributed by atoms with Gasteiger partial charge in [0, 0.05) is 11.8 Å². The molecule has 0 heterocycles. The molecule has 3 aromatic rings. The molecule has 27 heavy (non-hydrogen) atoms. The van der Waals surface area contributed by atoms with Gasteiger partial charge in [0.15, 0.2) is 5.11 Å². The normalized spacial score (nSPS) is 10.1. The minimum Gasteiger partial charge on any atom is -0.489 e. The number of hydrogen-bond acceptors (Lipinski definition) is 3. The first-order valence-corrected chi connectivity index (χ1v) is 9.04. The molecule has 3 aromatic carbocycles. The maximum absolute atomic E-state index is 12.2. The Bertz CT molecular complexity index is 948. The van der Waals surface area contributed by atoms with E-state index in [-0.39, 0.29) is 11.0 Å². The molecule has 4 nitrogen and oxygen atoms in total. The summed E-state index contributed by atoms with van der Waals surface area (Å²) in [6.45, 7) is 0.470. The minimum atomic E-state index is -0.366. The highest BCUT2D eigenvalue weighted by atomic mass is 35.5. The number of anilines is 1. The number of carbonyl (C=O) groups excluding carboxylic acids is 1. The van der Waals surface area contributed by atoms with Crippen LogP contribution in [0.1, 0.15) is 15.9 Å². The Kier molecular flexibility index (Phi) is 6.41. The van der Waals surface area contributed by atoms with Crippen molar-refractivity contribution >= 4 is 40.5 Å². The van der Waals surface area contributed by atoms with Gasteiger partial charge < -0.3 is 10.1 Å². The Hall–Kier alpha value is -2.89. The van der Waals surface area contributed by atoms with Crippen LogP contribution < -0.4 is 15.4 Å². The summed E-state index contributed by atoms with van der Waals surface area (Å²) in [5.74, 6) is 0.332. The van der Waals surface area contributed by atoms with Gasteiger partial charge in [0.05, 0.1) is 10.6 Å². The van der Waals surface area contributed by atoms with Crippen LogP contribution in [-0.4, -0.2) is 11.0 Å². The number of halogens is 1. The molecule has 0 radical (unpaired) electrons. The van der Waals surface area contributed by atoms with Crippen LogP contribution in [0.2, 0.25) is 5.02 Å². The third kappa shape index (κ3) is 5.54. The molecule has 0 unspecified atom stereocenters. The molecular formula is C21H17ClN2O2S. The Labute approximate surface area is 168 Å². The van der Waals surface area contributed by atoms with E-state index >= 15 is 0 Å². The standard InChI is InChI=1S/C21H17ClN2O2S/c22-19-12-5-4-11-18(19)20(25)24-21(27)23-16-9-6-10-17(13-16)26-14-15-7-2-1-3-8-15/h1-13H,14H2,(H2,23,24,25,27). The van der Waals surface area contributed by atoms with E-state index in [9.17, 15) is 4.79 Å². The highest BCUT2D eigenvalue weighted by Crippen LogP contribution is 2.19. The van der Waals surface area contributed by atoms with Crippen LogP contribution in [0.15, 0.2) is 78.9 Å². The van der Waals surface area contributed by atoms with Crippen LogP contribution in [0, 0.1) is 0 Å². The molecule has 0 spiro atoms. The lowest BCUT2D eigenvalue weighted by Gasteiger charge is -2.12. The monoisotopic (exact) mass is 396 g/mol. The van der Waals surface area contributed by atoms with Gasteiger partial charge in [-0.3, -0.25) is 10.1 Å². The van der Waals surface area contributed by atoms with Gasteiger partial charge in [0.2, 0.25) is 0 Å².